The minimum atomic E-state index is -0.177. The third-order valence-corrected chi connectivity index (χ3v) is 5.39. The topological polar surface area (TPSA) is 47.3 Å². The van der Waals surface area contributed by atoms with Crippen LogP contribution in [-0.4, -0.2) is 35.2 Å². The molecule has 3 nitrogen and oxygen atoms in total. The maximum absolute atomic E-state index is 9.68. The maximum Gasteiger partial charge on any atom is 0.0672 e. The van der Waals surface area contributed by atoms with Gasteiger partial charge < -0.3 is 5.11 Å². The molecular formula is C16H28N2O. The molecule has 4 atom stereocenters. The van der Waals surface area contributed by atoms with Crippen LogP contribution < -0.4 is 0 Å². The molecule has 0 amide bonds. The molecule has 1 N–H and O–H groups in total. The average molecular weight is 264 g/mol. The second kappa shape index (κ2) is 6.72. The summed E-state index contributed by atoms with van der Waals surface area (Å²) in [7, 11) is 0. The van der Waals surface area contributed by atoms with E-state index in [1.807, 2.05) is 6.92 Å². The van der Waals surface area contributed by atoms with E-state index in [1.54, 1.807) is 0 Å². The molecule has 0 radical (unpaired) electrons. The summed E-state index contributed by atoms with van der Waals surface area (Å²) in [6.07, 6.45) is 6.76. The van der Waals surface area contributed by atoms with Crippen LogP contribution in [0.25, 0.3) is 0 Å². The van der Waals surface area contributed by atoms with Crippen LogP contribution in [0.2, 0.25) is 0 Å². The monoisotopic (exact) mass is 264 g/mol. The summed E-state index contributed by atoms with van der Waals surface area (Å²) in [6, 6.07) is 3.01. The third kappa shape index (κ3) is 3.49. The molecular weight excluding hydrogens is 236 g/mol. The summed E-state index contributed by atoms with van der Waals surface area (Å²) in [6.45, 7) is 6.31. The van der Waals surface area contributed by atoms with Gasteiger partial charge in [-0.15, -0.1) is 0 Å². The molecule has 2 rings (SSSR count). The Labute approximate surface area is 117 Å². The van der Waals surface area contributed by atoms with Gasteiger partial charge in [0.1, 0.15) is 0 Å². The van der Waals surface area contributed by atoms with Gasteiger partial charge in [-0.05, 0) is 64.0 Å². The summed E-state index contributed by atoms with van der Waals surface area (Å²) in [5, 5.41) is 19.1. The van der Waals surface area contributed by atoms with Crippen LogP contribution in [0.4, 0.5) is 0 Å². The molecule has 3 heteroatoms. The molecule has 1 saturated carbocycles. The van der Waals surface area contributed by atoms with E-state index >= 15 is 0 Å². The lowest BCUT2D eigenvalue weighted by Crippen LogP contribution is -2.48. The molecule has 1 heterocycles. The van der Waals surface area contributed by atoms with Crippen LogP contribution in [-0.2, 0) is 0 Å². The van der Waals surface area contributed by atoms with Crippen molar-refractivity contribution in [3.63, 3.8) is 0 Å². The van der Waals surface area contributed by atoms with Crippen molar-refractivity contribution >= 4 is 0 Å². The van der Waals surface area contributed by atoms with Crippen molar-refractivity contribution in [2.75, 3.05) is 13.1 Å². The van der Waals surface area contributed by atoms with Gasteiger partial charge in [0.05, 0.1) is 18.1 Å². The SMILES string of the molecule is CCC1CCC(C#N)C(N2CCC(C(C)O)CC2)C1. The smallest absolute Gasteiger partial charge is 0.0672 e. The van der Waals surface area contributed by atoms with E-state index in [0.29, 0.717) is 12.0 Å². The normalized spacial score (nSPS) is 35.8. The molecule has 0 aromatic heterocycles. The number of nitrogens with zero attached hydrogens (tertiary/aromatic N) is 2. The summed E-state index contributed by atoms with van der Waals surface area (Å²) >= 11 is 0. The molecule has 1 aliphatic carbocycles. The Morgan fingerprint density at radius 1 is 1.26 bits per heavy atom. The lowest BCUT2D eigenvalue weighted by Gasteiger charge is -2.43. The molecule has 108 valence electrons. The minimum absolute atomic E-state index is 0.177. The van der Waals surface area contributed by atoms with E-state index in [1.165, 1.54) is 19.3 Å². The minimum Gasteiger partial charge on any atom is -0.393 e. The molecule has 1 aliphatic heterocycles. The Kier molecular flexibility index (Phi) is 5.24. The number of piperidine rings is 1. The van der Waals surface area contributed by atoms with Gasteiger partial charge in [-0.25, -0.2) is 0 Å². The Bertz CT molecular complexity index is 315. The van der Waals surface area contributed by atoms with Crippen LogP contribution in [0.5, 0.6) is 0 Å². The zero-order chi connectivity index (χ0) is 13.8. The quantitative estimate of drug-likeness (QED) is 0.852. The van der Waals surface area contributed by atoms with Crippen molar-refractivity contribution in [1.29, 1.82) is 5.26 Å². The number of rotatable bonds is 3. The lowest BCUT2D eigenvalue weighted by molar-refractivity contribution is 0.0297. The van der Waals surface area contributed by atoms with Crippen molar-refractivity contribution in [3.05, 3.63) is 0 Å². The van der Waals surface area contributed by atoms with E-state index in [-0.39, 0.29) is 12.0 Å². The fourth-order valence-electron chi connectivity index (χ4n) is 3.89. The molecule has 4 unspecified atom stereocenters. The zero-order valence-corrected chi connectivity index (χ0v) is 12.4. The predicted octanol–water partition coefficient (Wildman–Crippen LogP) is 2.80. The van der Waals surface area contributed by atoms with Crippen molar-refractivity contribution in [1.82, 2.24) is 4.90 Å². The molecule has 1 saturated heterocycles. The molecule has 0 spiro atoms. The Hall–Kier alpha value is -0.590. The Balaban J connectivity index is 1.94. The van der Waals surface area contributed by atoms with E-state index in [4.69, 9.17) is 0 Å². The molecule has 0 aromatic rings. The number of likely N-dealkylation sites (tertiary alicyclic amines) is 1. The first-order valence-electron chi connectivity index (χ1n) is 7.97. The van der Waals surface area contributed by atoms with Gasteiger partial charge in [0, 0.05) is 6.04 Å². The van der Waals surface area contributed by atoms with E-state index in [0.717, 1.165) is 38.3 Å². The third-order valence-electron chi connectivity index (χ3n) is 5.39. The van der Waals surface area contributed by atoms with E-state index in [2.05, 4.69) is 17.9 Å². The van der Waals surface area contributed by atoms with Crippen molar-refractivity contribution in [2.24, 2.45) is 17.8 Å². The molecule has 2 aliphatic rings. The van der Waals surface area contributed by atoms with Gasteiger partial charge in [-0.3, -0.25) is 4.90 Å². The first-order valence-corrected chi connectivity index (χ1v) is 7.97. The van der Waals surface area contributed by atoms with Crippen LogP contribution >= 0.6 is 0 Å². The van der Waals surface area contributed by atoms with Crippen LogP contribution in [0.1, 0.15) is 52.4 Å². The first kappa shape index (κ1) is 14.8. The highest BCUT2D eigenvalue weighted by molar-refractivity contribution is 4.98. The molecule has 0 bridgehead atoms. The molecule has 0 aromatic carbocycles. The number of hydrogen-bond acceptors (Lipinski definition) is 3. The van der Waals surface area contributed by atoms with Crippen LogP contribution in [0, 0.1) is 29.1 Å². The van der Waals surface area contributed by atoms with E-state index in [9.17, 15) is 10.4 Å². The molecule has 2 fully saturated rings. The highest BCUT2D eigenvalue weighted by atomic mass is 16.3. The van der Waals surface area contributed by atoms with Gasteiger partial charge in [-0.2, -0.15) is 5.26 Å². The highest BCUT2D eigenvalue weighted by Gasteiger charge is 2.36. The van der Waals surface area contributed by atoms with Gasteiger partial charge >= 0.3 is 0 Å². The number of aliphatic hydroxyl groups is 1. The second-order valence-corrected chi connectivity index (χ2v) is 6.50. The van der Waals surface area contributed by atoms with Gasteiger partial charge in [0.15, 0.2) is 0 Å². The molecule has 19 heavy (non-hydrogen) atoms. The summed E-state index contributed by atoms with van der Waals surface area (Å²) in [4.78, 5) is 2.54. The number of aliphatic hydroxyl groups excluding tert-OH is 1. The Morgan fingerprint density at radius 3 is 2.47 bits per heavy atom. The van der Waals surface area contributed by atoms with Gasteiger partial charge in [0.25, 0.3) is 0 Å². The highest BCUT2D eigenvalue weighted by Crippen LogP contribution is 2.35. The largest absolute Gasteiger partial charge is 0.393 e. The average Bonchev–Trinajstić information content (AvgIpc) is 2.46. The summed E-state index contributed by atoms with van der Waals surface area (Å²) in [5.74, 6) is 1.50. The first-order chi connectivity index (χ1) is 9.15. The summed E-state index contributed by atoms with van der Waals surface area (Å²) < 4.78 is 0. The van der Waals surface area contributed by atoms with E-state index < -0.39 is 0 Å². The predicted molar refractivity (Wildman–Crippen MR) is 76.5 cm³/mol. The summed E-state index contributed by atoms with van der Waals surface area (Å²) in [5.41, 5.74) is 0. The Morgan fingerprint density at radius 2 is 1.95 bits per heavy atom. The van der Waals surface area contributed by atoms with Crippen molar-refractivity contribution in [3.8, 4) is 6.07 Å². The van der Waals surface area contributed by atoms with Crippen LogP contribution in [0.15, 0.2) is 0 Å². The van der Waals surface area contributed by atoms with Gasteiger partial charge in [0.2, 0.25) is 0 Å². The van der Waals surface area contributed by atoms with Crippen molar-refractivity contribution in [2.45, 2.75) is 64.5 Å². The van der Waals surface area contributed by atoms with Crippen LogP contribution in [0.3, 0.4) is 0 Å². The van der Waals surface area contributed by atoms with Gasteiger partial charge in [-0.1, -0.05) is 13.3 Å². The fraction of sp³-hybridized carbons (Fsp3) is 0.938. The van der Waals surface area contributed by atoms with Crippen molar-refractivity contribution < 1.29 is 5.11 Å². The standard InChI is InChI=1S/C16H28N2O/c1-3-13-4-5-15(11-17)16(10-13)18-8-6-14(7-9-18)12(2)19/h12-16,19H,3-10H2,1-2H3. The maximum atomic E-state index is 9.68. The number of hydrogen-bond donors (Lipinski definition) is 1. The fourth-order valence-corrected chi connectivity index (χ4v) is 3.89. The second-order valence-electron chi connectivity index (χ2n) is 6.50. The zero-order valence-electron chi connectivity index (χ0n) is 12.4. The lowest BCUT2D eigenvalue weighted by atomic mass is 9.76. The number of nitriles is 1.